The van der Waals surface area contributed by atoms with Gasteiger partial charge >= 0.3 is 0 Å². The summed E-state index contributed by atoms with van der Waals surface area (Å²) in [4.78, 5) is 0. The van der Waals surface area contributed by atoms with Gasteiger partial charge in [-0.1, -0.05) is 26.0 Å². The highest BCUT2D eigenvalue weighted by atomic mass is 79.9. The van der Waals surface area contributed by atoms with E-state index in [9.17, 15) is 8.78 Å². The number of rotatable bonds is 3. The quantitative estimate of drug-likeness (QED) is 0.714. The fourth-order valence-electron chi connectivity index (χ4n) is 2.12. The van der Waals surface area contributed by atoms with E-state index >= 15 is 0 Å². The molecule has 2 aromatic carbocycles. The largest absolute Gasteiger partial charge is 0.493 e. The molecule has 0 bridgehead atoms. The minimum Gasteiger partial charge on any atom is -0.493 e. The van der Waals surface area contributed by atoms with Crippen LogP contribution in [-0.4, -0.2) is 7.11 Å². The molecule has 0 spiro atoms. The van der Waals surface area contributed by atoms with Crippen molar-refractivity contribution in [2.75, 3.05) is 7.11 Å². The van der Waals surface area contributed by atoms with Crippen molar-refractivity contribution >= 4 is 15.9 Å². The fraction of sp³-hybridized carbons (Fsp3) is 0.250. The van der Waals surface area contributed by atoms with E-state index in [-0.39, 0.29) is 17.5 Å². The molecule has 20 heavy (non-hydrogen) atoms. The molecule has 0 heterocycles. The van der Waals surface area contributed by atoms with Crippen LogP contribution in [0.2, 0.25) is 0 Å². The second-order valence-corrected chi connectivity index (χ2v) is 5.62. The number of ether oxygens (including phenoxy) is 1. The molecule has 0 amide bonds. The lowest BCUT2D eigenvalue weighted by atomic mass is 9.96. The molecule has 0 N–H and O–H groups in total. The van der Waals surface area contributed by atoms with Gasteiger partial charge in [0.2, 0.25) is 0 Å². The Morgan fingerprint density at radius 3 is 2.20 bits per heavy atom. The first-order valence-corrected chi connectivity index (χ1v) is 7.06. The van der Waals surface area contributed by atoms with Crippen LogP contribution in [0.25, 0.3) is 11.1 Å². The van der Waals surface area contributed by atoms with Gasteiger partial charge in [0.15, 0.2) is 11.6 Å². The Morgan fingerprint density at radius 1 is 1.10 bits per heavy atom. The van der Waals surface area contributed by atoms with Gasteiger partial charge in [-0.3, -0.25) is 0 Å². The van der Waals surface area contributed by atoms with Crippen LogP contribution < -0.4 is 4.74 Å². The first-order chi connectivity index (χ1) is 9.45. The molecule has 2 rings (SSSR count). The molecule has 0 aliphatic carbocycles. The molecule has 0 radical (unpaired) electrons. The molecule has 0 saturated heterocycles. The molecule has 0 saturated carbocycles. The summed E-state index contributed by atoms with van der Waals surface area (Å²) in [6, 6.07) is 7.39. The summed E-state index contributed by atoms with van der Waals surface area (Å²) >= 11 is 3.52. The van der Waals surface area contributed by atoms with Crippen LogP contribution in [0, 0.1) is 11.6 Å². The van der Waals surface area contributed by atoms with Crippen LogP contribution in [0.4, 0.5) is 8.78 Å². The van der Waals surface area contributed by atoms with E-state index in [1.807, 2.05) is 13.8 Å². The highest BCUT2D eigenvalue weighted by Gasteiger charge is 2.20. The first-order valence-electron chi connectivity index (χ1n) is 6.27. The first kappa shape index (κ1) is 15.0. The lowest BCUT2D eigenvalue weighted by Crippen LogP contribution is -1.99. The minimum absolute atomic E-state index is 0.156. The third kappa shape index (κ3) is 2.70. The summed E-state index contributed by atoms with van der Waals surface area (Å²) in [5, 5.41) is 0. The maximum absolute atomic E-state index is 14.2. The maximum atomic E-state index is 14.2. The van der Waals surface area contributed by atoms with Gasteiger partial charge in [0, 0.05) is 10.0 Å². The smallest absolute Gasteiger partial charge is 0.166 e. The number of hydrogen-bond acceptors (Lipinski definition) is 1. The van der Waals surface area contributed by atoms with Crippen LogP contribution in [-0.2, 0) is 0 Å². The topological polar surface area (TPSA) is 9.23 Å². The number of benzene rings is 2. The zero-order chi connectivity index (χ0) is 14.9. The van der Waals surface area contributed by atoms with Gasteiger partial charge in [-0.2, -0.15) is 0 Å². The summed E-state index contributed by atoms with van der Waals surface area (Å²) in [6.07, 6.45) is 0. The van der Waals surface area contributed by atoms with E-state index in [1.165, 1.54) is 25.3 Å². The molecule has 0 atom stereocenters. The summed E-state index contributed by atoms with van der Waals surface area (Å²) < 4.78 is 33.2. The predicted molar refractivity (Wildman–Crippen MR) is 80.1 cm³/mol. The van der Waals surface area contributed by atoms with Crippen molar-refractivity contribution in [3.8, 4) is 16.9 Å². The molecular weight excluding hydrogens is 326 g/mol. The normalized spacial score (nSPS) is 10.9. The fourth-order valence-corrected chi connectivity index (χ4v) is 3.10. The molecular formula is C16H15BrF2O. The van der Waals surface area contributed by atoms with Gasteiger partial charge < -0.3 is 4.74 Å². The zero-order valence-corrected chi connectivity index (χ0v) is 13.1. The van der Waals surface area contributed by atoms with Gasteiger partial charge in [0.05, 0.1) is 7.11 Å². The minimum atomic E-state index is -0.418. The Morgan fingerprint density at radius 2 is 1.70 bits per heavy atom. The van der Waals surface area contributed by atoms with Crippen molar-refractivity contribution in [1.82, 2.24) is 0 Å². The zero-order valence-electron chi connectivity index (χ0n) is 11.5. The van der Waals surface area contributed by atoms with Gasteiger partial charge in [0.1, 0.15) is 5.82 Å². The van der Waals surface area contributed by atoms with Gasteiger partial charge in [0.25, 0.3) is 0 Å². The van der Waals surface area contributed by atoms with Gasteiger partial charge in [-0.05, 0) is 51.2 Å². The molecule has 2 aromatic rings. The molecule has 0 aliphatic heterocycles. The van der Waals surface area contributed by atoms with Gasteiger partial charge in [-0.15, -0.1) is 0 Å². The second-order valence-electron chi connectivity index (χ2n) is 4.83. The molecule has 0 fully saturated rings. The Balaban J connectivity index is 2.74. The van der Waals surface area contributed by atoms with Crippen molar-refractivity contribution in [3.05, 3.63) is 52.0 Å². The summed E-state index contributed by atoms with van der Waals surface area (Å²) in [5.74, 6) is -0.431. The lowest BCUT2D eigenvalue weighted by molar-refractivity contribution is 0.387. The van der Waals surface area contributed by atoms with Crippen LogP contribution in [0.1, 0.15) is 25.3 Å². The van der Waals surface area contributed by atoms with Crippen molar-refractivity contribution in [2.24, 2.45) is 0 Å². The van der Waals surface area contributed by atoms with E-state index in [0.717, 1.165) is 10.0 Å². The number of halogens is 3. The predicted octanol–water partition coefficient (Wildman–Crippen LogP) is 5.53. The molecule has 1 nitrogen and oxygen atoms in total. The maximum Gasteiger partial charge on any atom is 0.166 e. The summed E-state index contributed by atoms with van der Waals surface area (Å²) in [7, 11) is 1.42. The SMILES string of the molecule is COc1c(F)cc(C(C)C)c(Br)c1-c1ccc(F)cc1. The summed E-state index contributed by atoms with van der Waals surface area (Å²) in [6.45, 7) is 3.97. The molecule has 0 aromatic heterocycles. The Bertz CT molecular complexity index is 621. The molecule has 0 aliphatic rings. The van der Waals surface area contributed by atoms with Gasteiger partial charge in [-0.25, -0.2) is 8.78 Å². The van der Waals surface area contributed by atoms with Crippen molar-refractivity contribution < 1.29 is 13.5 Å². The van der Waals surface area contributed by atoms with E-state index in [1.54, 1.807) is 12.1 Å². The molecule has 106 valence electrons. The highest BCUT2D eigenvalue weighted by Crippen LogP contribution is 2.42. The Hall–Kier alpha value is -1.42. The Kier molecular flexibility index (Phi) is 4.43. The number of methoxy groups -OCH3 is 1. The molecule has 4 heteroatoms. The van der Waals surface area contributed by atoms with Crippen LogP contribution in [0.5, 0.6) is 5.75 Å². The second kappa shape index (κ2) is 5.92. The third-order valence-electron chi connectivity index (χ3n) is 3.16. The van der Waals surface area contributed by atoms with Crippen molar-refractivity contribution in [2.45, 2.75) is 19.8 Å². The van der Waals surface area contributed by atoms with Crippen molar-refractivity contribution in [3.63, 3.8) is 0 Å². The highest BCUT2D eigenvalue weighted by molar-refractivity contribution is 9.10. The Labute approximate surface area is 125 Å². The average molecular weight is 341 g/mol. The average Bonchev–Trinajstić information content (AvgIpc) is 2.41. The summed E-state index contributed by atoms with van der Waals surface area (Å²) in [5.41, 5.74) is 2.16. The lowest BCUT2D eigenvalue weighted by Gasteiger charge is -2.17. The van der Waals surface area contributed by atoms with E-state index in [2.05, 4.69) is 15.9 Å². The van der Waals surface area contributed by atoms with Crippen LogP contribution in [0.15, 0.2) is 34.8 Å². The third-order valence-corrected chi connectivity index (χ3v) is 4.01. The van der Waals surface area contributed by atoms with Crippen LogP contribution >= 0.6 is 15.9 Å². The van der Waals surface area contributed by atoms with Crippen molar-refractivity contribution in [1.29, 1.82) is 0 Å². The molecule has 0 unspecified atom stereocenters. The number of hydrogen-bond donors (Lipinski definition) is 0. The standard InChI is InChI=1S/C16H15BrF2O/c1-9(2)12-8-13(19)16(20-3)14(15(12)17)10-4-6-11(18)7-5-10/h4-9H,1-3H3. The van der Waals surface area contributed by atoms with E-state index in [0.29, 0.717) is 11.1 Å². The monoisotopic (exact) mass is 340 g/mol. The van der Waals surface area contributed by atoms with E-state index in [4.69, 9.17) is 4.74 Å². The van der Waals surface area contributed by atoms with E-state index < -0.39 is 5.82 Å². The van der Waals surface area contributed by atoms with Crippen LogP contribution in [0.3, 0.4) is 0 Å².